The highest BCUT2D eigenvalue weighted by Crippen LogP contribution is 2.18. The van der Waals surface area contributed by atoms with Crippen LogP contribution in [0.4, 0.5) is 5.69 Å². The highest BCUT2D eigenvalue weighted by molar-refractivity contribution is 6.43. The molecule has 0 saturated heterocycles. The maximum Gasteiger partial charge on any atom is 0.359 e. The summed E-state index contributed by atoms with van der Waals surface area (Å²) in [6, 6.07) is 10.6. The van der Waals surface area contributed by atoms with Crippen molar-refractivity contribution in [2.45, 2.75) is 6.92 Å². The first-order chi connectivity index (χ1) is 9.61. The van der Waals surface area contributed by atoms with E-state index in [4.69, 9.17) is 16.3 Å². The molecule has 0 N–H and O–H groups in total. The lowest BCUT2D eigenvalue weighted by atomic mass is 10.2. The normalized spacial score (nSPS) is 11.4. The standard InChI is InChI=1S/C15H15ClN2O2/c1-3-20-15(19)14(13-5-4-10-18(13)2)17-12-8-6-11(16)7-9-12/h4-10H,3H2,1-2H3/b17-14-. The largest absolute Gasteiger partial charge is 0.461 e. The van der Waals surface area contributed by atoms with Crippen molar-refractivity contribution in [3.8, 4) is 0 Å². The molecular formula is C15H15ClN2O2. The fourth-order valence-electron chi connectivity index (χ4n) is 1.76. The highest BCUT2D eigenvalue weighted by Gasteiger charge is 2.17. The van der Waals surface area contributed by atoms with Crippen LogP contribution in [-0.4, -0.2) is 22.9 Å². The van der Waals surface area contributed by atoms with Gasteiger partial charge in [-0.1, -0.05) is 11.6 Å². The summed E-state index contributed by atoms with van der Waals surface area (Å²) in [6.45, 7) is 2.08. The van der Waals surface area contributed by atoms with Gasteiger partial charge in [0.05, 0.1) is 18.0 Å². The monoisotopic (exact) mass is 290 g/mol. The van der Waals surface area contributed by atoms with E-state index >= 15 is 0 Å². The summed E-state index contributed by atoms with van der Waals surface area (Å²) in [7, 11) is 1.85. The van der Waals surface area contributed by atoms with Crippen LogP contribution in [0.5, 0.6) is 0 Å². The van der Waals surface area contributed by atoms with Crippen LogP contribution in [0.15, 0.2) is 47.6 Å². The lowest BCUT2D eigenvalue weighted by Gasteiger charge is -2.07. The Labute approximate surface area is 122 Å². The second kappa shape index (κ2) is 6.39. The average Bonchev–Trinajstić information content (AvgIpc) is 2.84. The minimum atomic E-state index is -0.441. The topological polar surface area (TPSA) is 43.6 Å². The van der Waals surface area contributed by atoms with E-state index in [0.717, 1.165) is 0 Å². The molecule has 0 fully saturated rings. The molecule has 0 amide bonds. The summed E-state index contributed by atoms with van der Waals surface area (Å²) < 4.78 is 6.89. The van der Waals surface area contributed by atoms with E-state index in [1.807, 2.05) is 29.9 Å². The molecule has 0 unspecified atom stereocenters. The maximum atomic E-state index is 12.1. The number of aliphatic imine (C=N–C) groups is 1. The zero-order valence-corrected chi connectivity index (χ0v) is 12.1. The number of esters is 1. The Kier molecular flexibility index (Phi) is 4.58. The van der Waals surface area contributed by atoms with E-state index < -0.39 is 5.97 Å². The number of carbonyl (C=O) groups is 1. The summed E-state index contributed by atoms with van der Waals surface area (Å²) in [5, 5.41) is 0.625. The van der Waals surface area contributed by atoms with E-state index in [1.54, 1.807) is 31.2 Å². The summed E-state index contributed by atoms with van der Waals surface area (Å²) >= 11 is 5.84. The molecule has 0 aliphatic heterocycles. The predicted octanol–water partition coefficient (Wildman–Crippen LogP) is 3.36. The molecule has 2 rings (SSSR count). The van der Waals surface area contributed by atoms with Crippen molar-refractivity contribution in [3.05, 3.63) is 53.3 Å². The number of benzene rings is 1. The third-order valence-electron chi connectivity index (χ3n) is 2.72. The van der Waals surface area contributed by atoms with Crippen molar-refractivity contribution in [2.75, 3.05) is 6.61 Å². The number of ether oxygens (including phenoxy) is 1. The molecule has 0 atom stereocenters. The minimum absolute atomic E-state index is 0.279. The van der Waals surface area contributed by atoms with Crippen LogP contribution in [0, 0.1) is 0 Å². The minimum Gasteiger partial charge on any atom is -0.461 e. The zero-order valence-electron chi connectivity index (χ0n) is 11.3. The predicted molar refractivity (Wildman–Crippen MR) is 79.7 cm³/mol. The van der Waals surface area contributed by atoms with Gasteiger partial charge in [0.2, 0.25) is 0 Å². The summed E-state index contributed by atoms with van der Waals surface area (Å²) in [5.74, 6) is -0.441. The van der Waals surface area contributed by atoms with E-state index in [1.165, 1.54) is 0 Å². The van der Waals surface area contributed by atoms with Crippen molar-refractivity contribution in [1.29, 1.82) is 0 Å². The van der Waals surface area contributed by atoms with Crippen molar-refractivity contribution in [2.24, 2.45) is 12.0 Å². The molecule has 0 aliphatic carbocycles. The van der Waals surface area contributed by atoms with Crippen LogP contribution >= 0.6 is 11.6 Å². The Morgan fingerprint density at radius 2 is 2.00 bits per heavy atom. The van der Waals surface area contributed by atoms with Crippen LogP contribution in [0.2, 0.25) is 5.02 Å². The first-order valence-corrected chi connectivity index (χ1v) is 6.62. The van der Waals surface area contributed by atoms with Gasteiger partial charge in [-0.05, 0) is 43.3 Å². The number of hydrogen-bond donors (Lipinski definition) is 0. The summed E-state index contributed by atoms with van der Waals surface area (Å²) in [4.78, 5) is 16.5. The van der Waals surface area contributed by atoms with Crippen LogP contribution in [0.25, 0.3) is 0 Å². The molecule has 20 heavy (non-hydrogen) atoms. The first kappa shape index (κ1) is 14.3. The van der Waals surface area contributed by atoms with Gasteiger partial charge in [0.1, 0.15) is 0 Å². The van der Waals surface area contributed by atoms with Gasteiger partial charge in [0.15, 0.2) is 5.71 Å². The fourth-order valence-corrected chi connectivity index (χ4v) is 1.88. The molecule has 2 aromatic rings. The Morgan fingerprint density at radius 3 is 2.55 bits per heavy atom. The number of rotatable bonds is 4. The Balaban J connectivity index is 2.43. The maximum absolute atomic E-state index is 12.1. The SMILES string of the molecule is CCOC(=O)/C(=N\c1ccc(Cl)cc1)c1cccn1C. The Morgan fingerprint density at radius 1 is 1.30 bits per heavy atom. The van der Waals surface area contributed by atoms with Crippen LogP contribution in [-0.2, 0) is 16.6 Å². The lowest BCUT2D eigenvalue weighted by Crippen LogP contribution is -2.21. The smallest absolute Gasteiger partial charge is 0.359 e. The molecule has 1 aromatic heterocycles. The Hall–Kier alpha value is -2.07. The Bertz CT molecular complexity index is 630. The lowest BCUT2D eigenvalue weighted by molar-refractivity contribution is -0.134. The summed E-state index contributed by atoms with van der Waals surface area (Å²) in [6.07, 6.45) is 1.85. The van der Waals surface area contributed by atoms with Crippen LogP contribution < -0.4 is 0 Å². The number of halogens is 1. The number of carbonyl (C=O) groups excluding carboxylic acids is 1. The second-order valence-corrected chi connectivity index (χ2v) is 4.60. The molecule has 0 spiro atoms. The van der Waals surface area contributed by atoms with Gasteiger partial charge in [-0.25, -0.2) is 9.79 Å². The summed E-state index contributed by atoms with van der Waals surface area (Å²) in [5.41, 5.74) is 1.64. The molecule has 0 saturated carbocycles. The quantitative estimate of drug-likeness (QED) is 0.640. The van der Waals surface area contributed by atoms with Crippen molar-refractivity contribution in [1.82, 2.24) is 4.57 Å². The van der Waals surface area contributed by atoms with E-state index in [9.17, 15) is 4.79 Å². The molecule has 5 heteroatoms. The molecule has 1 aromatic carbocycles. The highest BCUT2D eigenvalue weighted by atomic mass is 35.5. The molecule has 104 valence electrons. The van der Waals surface area contributed by atoms with Gasteiger partial charge < -0.3 is 9.30 Å². The molecule has 0 bridgehead atoms. The number of nitrogens with zero attached hydrogens (tertiary/aromatic N) is 2. The van der Waals surface area contributed by atoms with Crippen LogP contribution in [0.3, 0.4) is 0 Å². The van der Waals surface area contributed by atoms with E-state index in [2.05, 4.69) is 4.99 Å². The zero-order chi connectivity index (χ0) is 14.5. The van der Waals surface area contributed by atoms with Gasteiger partial charge in [0, 0.05) is 18.3 Å². The van der Waals surface area contributed by atoms with Crippen LogP contribution in [0.1, 0.15) is 12.6 Å². The molecular weight excluding hydrogens is 276 g/mol. The van der Waals surface area contributed by atoms with Gasteiger partial charge in [-0.2, -0.15) is 0 Å². The van der Waals surface area contributed by atoms with Gasteiger partial charge in [0.25, 0.3) is 0 Å². The van der Waals surface area contributed by atoms with Crippen molar-refractivity contribution in [3.63, 3.8) is 0 Å². The molecule has 0 aliphatic rings. The van der Waals surface area contributed by atoms with Gasteiger partial charge in [-0.15, -0.1) is 0 Å². The fraction of sp³-hybridized carbons (Fsp3) is 0.200. The molecule has 1 heterocycles. The molecule has 0 radical (unpaired) electrons. The first-order valence-electron chi connectivity index (χ1n) is 6.25. The van der Waals surface area contributed by atoms with E-state index in [0.29, 0.717) is 23.0 Å². The number of hydrogen-bond acceptors (Lipinski definition) is 3. The van der Waals surface area contributed by atoms with Gasteiger partial charge >= 0.3 is 5.97 Å². The third-order valence-corrected chi connectivity index (χ3v) is 2.97. The second-order valence-electron chi connectivity index (χ2n) is 4.16. The van der Waals surface area contributed by atoms with E-state index in [-0.39, 0.29) is 5.71 Å². The van der Waals surface area contributed by atoms with Crippen molar-refractivity contribution < 1.29 is 9.53 Å². The molecule has 4 nitrogen and oxygen atoms in total. The number of aromatic nitrogens is 1. The van der Waals surface area contributed by atoms with Crippen molar-refractivity contribution >= 4 is 29.0 Å². The van der Waals surface area contributed by atoms with Gasteiger partial charge in [-0.3, -0.25) is 0 Å². The number of aryl methyl sites for hydroxylation is 1. The average molecular weight is 291 g/mol. The third kappa shape index (κ3) is 3.27.